The molecule has 5 nitrogen and oxygen atoms in total. The minimum Gasteiger partial charge on any atom is -0.494 e. The van der Waals surface area contributed by atoms with Gasteiger partial charge < -0.3 is 10.5 Å². The van der Waals surface area contributed by atoms with Crippen LogP contribution in [-0.2, 0) is 4.79 Å². The Bertz CT molecular complexity index is 499. The highest BCUT2D eigenvalue weighted by Crippen LogP contribution is 2.33. The monoisotopic (exact) mass is 261 g/mol. The number of benzene rings is 1. The van der Waals surface area contributed by atoms with Crippen LogP contribution in [0.2, 0.25) is 0 Å². The number of carbonyl (C=O) groups is 1. The maximum Gasteiger partial charge on any atom is 0.256 e. The molecule has 5 heteroatoms. The van der Waals surface area contributed by atoms with Gasteiger partial charge in [0.2, 0.25) is 0 Å². The Morgan fingerprint density at radius 2 is 2.16 bits per heavy atom. The van der Waals surface area contributed by atoms with Crippen molar-refractivity contribution < 1.29 is 9.53 Å². The first-order valence-corrected chi connectivity index (χ1v) is 6.41. The average Bonchev–Trinajstić information content (AvgIpc) is 2.71. The lowest BCUT2D eigenvalue weighted by atomic mass is 9.98. The summed E-state index contributed by atoms with van der Waals surface area (Å²) in [6, 6.07) is 7.38. The van der Waals surface area contributed by atoms with Crippen LogP contribution in [0.3, 0.4) is 0 Å². The van der Waals surface area contributed by atoms with Gasteiger partial charge in [0.15, 0.2) is 0 Å². The van der Waals surface area contributed by atoms with Crippen molar-refractivity contribution in [2.24, 2.45) is 16.8 Å². The molecule has 1 heterocycles. The molecule has 1 atom stereocenters. The molecule has 2 rings (SSSR count). The SMILES string of the molecule is COc1ccccc1N1N=C(C)C(CCCN)C1=O. The smallest absolute Gasteiger partial charge is 0.256 e. The zero-order valence-electron chi connectivity index (χ0n) is 11.3. The summed E-state index contributed by atoms with van der Waals surface area (Å²) in [5.74, 6) is 0.482. The minimum atomic E-state index is -0.159. The zero-order chi connectivity index (χ0) is 13.8. The third kappa shape index (κ3) is 2.61. The minimum absolute atomic E-state index is 0.00421. The van der Waals surface area contributed by atoms with Gasteiger partial charge in [-0.1, -0.05) is 12.1 Å². The van der Waals surface area contributed by atoms with Gasteiger partial charge in [0.1, 0.15) is 11.4 Å². The number of para-hydroxylation sites is 2. The Kier molecular flexibility index (Phi) is 4.16. The maximum absolute atomic E-state index is 12.4. The molecule has 102 valence electrons. The highest BCUT2D eigenvalue weighted by molar-refractivity contribution is 6.15. The molecule has 0 fully saturated rings. The van der Waals surface area contributed by atoms with E-state index in [1.807, 2.05) is 31.2 Å². The van der Waals surface area contributed by atoms with Crippen LogP contribution in [0.15, 0.2) is 29.4 Å². The van der Waals surface area contributed by atoms with Crippen molar-refractivity contribution in [2.75, 3.05) is 18.7 Å². The summed E-state index contributed by atoms with van der Waals surface area (Å²) in [5, 5.41) is 5.80. The highest BCUT2D eigenvalue weighted by Gasteiger charge is 2.34. The second kappa shape index (κ2) is 5.84. The van der Waals surface area contributed by atoms with Gasteiger partial charge in [-0.15, -0.1) is 0 Å². The van der Waals surface area contributed by atoms with E-state index in [2.05, 4.69) is 5.10 Å². The molecule has 0 saturated carbocycles. The lowest BCUT2D eigenvalue weighted by Gasteiger charge is -2.16. The van der Waals surface area contributed by atoms with Gasteiger partial charge in [-0.25, -0.2) is 0 Å². The van der Waals surface area contributed by atoms with Crippen molar-refractivity contribution in [3.8, 4) is 5.75 Å². The van der Waals surface area contributed by atoms with Crippen LogP contribution in [0, 0.1) is 5.92 Å². The lowest BCUT2D eigenvalue weighted by molar-refractivity contribution is -0.119. The Morgan fingerprint density at radius 1 is 1.42 bits per heavy atom. The van der Waals surface area contributed by atoms with Crippen LogP contribution in [0.1, 0.15) is 19.8 Å². The molecule has 0 spiro atoms. The maximum atomic E-state index is 12.4. The van der Waals surface area contributed by atoms with Crippen LogP contribution in [0.4, 0.5) is 5.69 Å². The molecule has 0 aromatic heterocycles. The van der Waals surface area contributed by atoms with E-state index in [-0.39, 0.29) is 11.8 Å². The Labute approximate surface area is 113 Å². The normalized spacial score (nSPS) is 18.7. The van der Waals surface area contributed by atoms with Crippen molar-refractivity contribution in [1.82, 2.24) is 0 Å². The molecule has 1 aromatic carbocycles. The third-order valence-electron chi connectivity index (χ3n) is 3.28. The van der Waals surface area contributed by atoms with E-state index in [0.29, 0.717) is 18.0 Å². The fraction of sp³-hybridized carbons (Fsp3) is 0.429. The number of hydrazone groups is 1. The molecule has 1 aromatic rings. The van der Waals surface area contributed by atoms with Gasteiger partial charge in [0, 0.05) is 5.71 Å². The summed E-state index contributed by atoms with van der Waals surface area (Å²) >= 11 is 0. The predicted molar refractivity (Wildman–Crippen MR) is 75.4 cm³/mol. The third-order valence-corrected chi connectivity index (χ3v) is 3.28. The number of rotatable bonds is 5. The Morgan fingerprint density at radius 3 is 2.84 bits per heavy atom. The van der Waals surface area contributed by atoms with Crippen molar-refractivity contribution in [3.63, 3.8) is 0 Å². The van der Waals surface area contributed by atoms with Gasteiger partial charge in [-0.05, 0) is 38.4 Å². The number of hydrogen-bond donors (Lipinski definition) is 1. The molecule has 1 aliphatic heterocycles. The molecule has 1 amide bonds. The van der Waals surface area contributed by atoms with E-state index >= 15 is 0 Å². The van der Waals surface area contributed by atoms with E-state index in [9.17, 15) is 4.79 Å². The number of nitrogens with two attached hydrogens (primary N) is 1. The van der Waals surface area contributed by atoms with Crippen molar-refractivity contribution in [2.45, 2.75) is 19.8 Å². The number of anilines is 1. The first kappa shape index (κ1) is 13.5. The second-order valence-corrected chi connectivity index (χ2v) is 4.55. The topological polar surface area (TPSA) is 67.9 Å². The van der Waals surface area contributed by atoms with Gasteiger partial charge in [0.05, 0.1) is 13.0 Å². The molecular weight excluding hydrogens is 242 g/mol. The highest BCUT2D eigenvalue weighted by atomic mass is 16.5. The van der Waals surface area contributed by atoms with E-state index in [0.717, 1.165) is 18.6 Å². The van der Waals surface area contributed by atoms with Crippen molar-refractivity contribution in [3.05, 3.63) is 24.3 Å². The Hall–Kier alpha value is -1.88. The van der Waals surface area contributed by atoms with Crippen LogP contribution >= 0.6 is 0 Å². The first-order valence-electron chi connectivity index (χ1n) is 6.41. The largest absolute Gasteiger partial charge is 0.494 e. The number of carbonyl (C=O) groups excluding carboxylic acids is 1. The molecule has 19 heavy (non-hydrogen) atoms. The number of amides is 1. The van der Waals surface area contributed by atoms with E-state index in [1.54, 1.807) is 7.11 Å². The van der Waals surface area contributed by atoms with E-state index in [1.165, 1.54) is 5.01 Å². The van der Waals surface area contributed by atoms with Crippen molar-refractivity contribution >= 4 is 17.3 Å². The average molecular weight is 261 g/mol. The molecule has 0 aliphatic carbocycles. The molecule has 2 N–H and O–H groups in total. The Balaban J connectivity index is 2.25. The number of methoxy groups -OCH3 is 1. The van der Waals surface area contributed by atoms with Gasteiger partial charge in [0.25, 0.3) is 5.91 Å². The number of ether oxygens (including phenoxy) is 1. The predicted octanol–water partition coefficient (Wildman–Crippen LogP) is 1.77. The number of nitrogens with zero attached hydrogens (tertiary/aromatic N) is 2. The summed E-state index contributed by atoms with van der Waals surface area (Å²) in [7, 11) is 1.59. The number of hydrogen-bond acceptors (Lipinski definition) is 4. The van der Waals surface area contributed by atoms with Crippen LogP contribution in [0.25, 0.3) is 0 Å². The molecule has 0 saturated heterocycles. The molecule has 1 unspecified atom stereocenters. The summed E-state index contributed by atoms with van der Waals surface area (Å²) in [6.07, 6.45) is 1.57. The van der Waals surface area contributed by atoms with E-state index < -0.39 is 0 Å². The standard InChI is InChI=1S/C14H19N3O2/c1-10-11(6-5-9-15)14(18)17(16-10)12-7-3-4-8-13(12)19-2/h3-4,7-8,11H,5-6,9,15H2,1-2H3. The van der Waals surface area contributed by atoms with Crippen LogP contribution < -0.4 is 15.5 Å². The second-order valence-electron chi connectivity index (χ2n) is 4.55. The molecule has 1 aliphatic rings. The molecule has 0 bridgehead atoms. The van der Waals surface area contributed by atoms with Gasteiger partial charge in [-0.2, -0.15) is 10.1 Å². The quantitative estimate of drug-likeness (QED) is 0.878. The van der Waals surface area contributed by atoms with Crippen LogP contribution in [0.5, 0.6) is 5.75 Å². The fourth-order valence-electron chi connectivity index (χ4n) is 2.23. The first-order chi connectivity index (χ1) is 9.19. The van der Waals surface area contributed by atoms with E-state index in [4.69, 9.17) is 10.5 Å². The zero-order valence-corrected chi connectivity index (χ0v) is 11.3. The van der Waals surface area contributed by atoms with Gasteiger partial charge in [-0.3, -0.25) is 4.79 Å². The van der Waals surface area contributed by atoms with Gasteiger partial charge >= 0.3 is 0 Å². The summed E-state index contributed by atoms with van der Waals surface area (Å²) in [6.45, 7) is 2.47. The lowest BCUT2D eigenvalue weighted by Crippen LogP contribution is -2.27. The summed E-state index contributed by atoms with van der Waals surface area (Å²) in [4.78, 5) is 12.4. The summed E-state index contributed by atoms with van der Waals surface area (Å²) in [5.41, 5.74) is 7.03. The van der Waals surface area contributed by atoms with Crippen LogP contribution in [-0.4, -0.2) is 25.3 Å². The molecular formula is C14H19N3O2. The summed E-state index contributed by atoms with van der Waals surface area (Å²) < 4.78 is 5.27. The van der Waals surface area contributed by atoms with Crippen molar-refractivity contribution in [1.29, 1.82) is 0 Å². The molecule has 0 radical (unpaired) electrons. The fourth-order valence-corrected chi connectivity index (χ4v) is 2.23.